The highest BCUT2D eigenvalue weighted by Crippen LogP contribution is 2.48. The maximum Gasteiger partial charge on any atom is 0.243 e. The van der Waals surface area contributed by atoms with E-state index in [0.29, 0.717) is 25.3 Å². The molecule has 0 spiro atoms. The van der Waals surface area contributed by atoms with E-state index < -0.39 is 15.6 Å². The highest BCUT2D eigenvalue weighted by atomic mass is 32.2. The molecule has 2 fully saturated rings. The van der Waals surface area contributed by atoms with Crippen molar-refractivity contribution in [1.82, 2.24) is 9.29 Å². The van der Waals surface area contributed by atoms with Gasteiger partial charge in [0.2, 0.25) is 10.0 Å². The van der Waals surface area contributed by atoms with Gasteiger partial charge >= 0.3 is 0 Å². The first-order valence-corrected chi connectivity index (χ1v) is 10.7. The molecular formula is C20H24N2O4S. The van der Waals surface area contributed by atoms with Crippen LogP contribution in [0.4, 0.5) is 0 Å². The van der Waals surface area contributed by atoms with Crippen molar-refractivity contribution in [3.63, 3.8) is 0 Å². The van der Waals surface area contributed by atoms with Gasteiger partial charge in [-0.1, -0.05) is 6.07 Å². The van der Waals surface area contributed by atoms with E-state index in [2.05, 4.69) is 4.98 Å². The first-order valence-electron chi connectivity index (χ1n) is 9.22. The van der Waals surface area contributed by atoms with Crippen LogP contribution in [0.1, 0.15) is 24.8 Å². The van der Waals surface area contributed by atoms with Crippen LogP contribution in [0.2, 0.25) is 0 Å². The van der Waals surface area contributed by atoms with Gasteiger partial charge in [-0.05, 0) is 55.5 Å². The van der Waals surface area contributed by atoms with E-state index in [9.17, 15) is 13.5 Å². The molecule has 1 N–H and O–H groups in total. The summed E-state index contributed by atoms with van der Waals surface area (Å²) < 4.78 is 32.9. The van der Waals surface area contributed by atoms with Gasteiger partial charge in [0.25, 0.3) is 0 Å². The van der Waals surface area contributed by atoms with Crippen molar-refractivity contribution in [3.8, 4) is 5.75 Å². The highest BCUT2D eigenvalue weighted by molar-refractivity contribution is 7.89. The van der Waals surface area contributed by atoms with Gasteiger partial charge in [-0.15, -0.1) is 0 Å². The Hall–Kier alpha value is -1.96. The molecule has 1 aromatic carbocycles. The molecule has 144 valence electrons. The van der Waals surface area contributed by atoms with Gasteiger partial charge in [-0.25, -0.2) is 8.42 Å². The van der Waals surface area contributed by atoms with Gasteiger partial charge in [0.1, 0.15) is 5.75 Å². The third kappa shape index (κ3) is 3.13. The zero-order chi connectivity index (χ0) is 19.1. The van der Waals surface area contributed by atoms with Crippen LogP contribution in [-0.2, 0) is 15.6 Å². The number of rotatable bonds is 4. The van der Waals surface area contributed by atoms with Crippen LogP contribution in [0, 0.1) is 11.8 Å². The molecule has 2 heterocycles. The number of hydrogen-bond acceptors (Lipinski definition) is 5. The lowest BCUT2D eigenvalue weighted by Gasteiger charge is -2.41. The average Bonchev–Trinajstić information content (AvgIpc) is 3.16. The SMILES string of the molecule is COc1ccc(S(=O)(=O)N2CC3CCCC(O)(c4cccnc4)C3C2)cc1. The van der Waals surface area contributed by atoms with E-state index in [1.807, 2.05) is 12.1 Å². The Morgan fingerprint density at radius 1 is 1.22 bits per heavy atom. The second-order valence-electron chi connectivity index (χ2n) is 7.42. The summed E-state index contributed by atoms with van der Waals surface area (Å²) in [5.41, 5.74) is -0.246. The third-order valence-corrected chi connectivity index (χ3v) is 7.86. The third-order valence-electron chi connectivity index (χ3n) is 6.01. The molecule has 1 saturated heterocycles. The number of ether oxygens (including phenoxy) is 1. The van der Waals surface area contributed by atoms with Gasteiger partial charge in [0.05, 0.1) is 17.6 Å². The van der Waals surface area contributed by atoms with Crippen molar-refractivity contribution >= 4 is 10.0 Å². The average molecular weight is 388 g/mol. The van der Waals surface area contributed by atoms with E-state index in [-0.39, 0.29) is 16.7 Å². The van der Waals surface area contributed by atoms with Crippen molar-refractivity contribution in [2.75, 3.05) is 20.2 Å². The van der Waals surface area contributed by atoms with Crippen LogP contribution in [0.3, 0.4) is 0 Å². The van der Waals surface area contributed by atoms with Crippen molar-refractivity contribution in [3.05, 3.63) is 54.4 Å². The highest BCUT2D eigenvalue weighted by Gasteiger charge is 2.52. The molecule has 1 aromatic heterocycles. The summed E-state index contributed by atoms with van der Waals surface area (Å²) in [6.07, 6.45) is 5.83. The van der Waals surface area contributed by atoms with E-state index in [0.717, 1.165) is 18.4 Å². The molecule has 27 heavy (non-hydrogen) atoms. The number of fused-ring (bicyclic) bond motifs is 1. The normalized spacial score (nSPS) is 28.7. The number of aliphatic hydroxyl groups is 1. The zero-order valence-corrected chi connectivity index (χ0v) is 16.1. The predicted octanol–water partition coefficient (Wildman–Crippen LogP) is 2.40. The van der Waals surface area contributed by atoms with Crippen LogP contribution >= 0.6 is 0 Å². The minimum absolute atomic E-state index is 0.122. The number of benzene rings is 1. The minimum atomic E-state index is -3.60. The Kier molecular flexibility index (Phi) is 4.70. The number of aromatic nitrogens is 1. The number of methoxy groups -OCH3 is 1. The number of nitrogens with zero attached hydrogens (tertiary/aromatic N) is 2. The van der Waals surface area contributed by atoms with E-state index in [4.69, 9.17) is 4.74 Å². The summed E-state index contributed by atoms with van der Waals surface area (Å²) in [5, 5.41) is 11.5. The van der Waals surface area contributed by atoms with Crippen molar-refractivity contribution in [1.29, 1.82) is 0 Å². The van der Waals surface area contributed by atoms with Gasteiger partial charge in [0.15, 0.2) is 0 Å². The molecule has 1 aliphatic heterocycles. The van der Waals surface area contributed by atoms with Crippen molar-refractivity contribution in [2.45, 2.75) is 29.8 Å². The molecule has 6 nitrogen and oxygen atoms in total. The van der Waals surface area contributed by atoms with Crippen LogP contribution < -0.4 is 4.74 Å². The van der Waals surface area contributed by atoms with Crippen LogP contribution in [-0.4, -0.2) is 43.0 Å². The second-order valence-corrected chi connectivity index (χ2v) is 9.36. The van der Waals surface area contributed by atoms with Gasteiger partial charge in [0, 0.05) is 37.0 Å². The fraction of sp³-hybridized carbons (Fsp3) is 0.450. The van der Waals surface area contributed by atoms with E-state index in [1.165, 1.54) is 4.31 Å². The smallest absolute Gasteiger partial charge is 0.243 e. The topological polar surface area (TPSA) is 79.7 Å². The summed E-state index contributed by atoms with van der Waals surface area (Å²) in [6, 6.07) is 10.2. The molecule has 7 heteroatoms. The Bertz CT molecular complexity index is 901. The predicted molar refractivity (Wildman–Crippen MR) is 101 cm³/mol. The van der Waals surface area contributed by atoms with Crippen LogP contribution in [0.15, 0.2) is 53.7 Å². The number of hydrogen-bond donors (Lipinski definition) is 1. The first kappa shape index (κ1) is 18.4. The molecular weight excluding hydrogens is 364 g/mol. The van der Waals surface area contributed by atoms with Gasteiger partial charge in [-0.3, -0.25) is 4.98 Å². The van der Waals surface area contributed by atoms with Crippen molar-refractivity contribution < 1.29 is 18.3 Å². The maximum atomic E-state index is 13.1. The quantitative estimate of drug-likeness (QED) is 0.870. The Balaban J connectivity index is 1.62. The lowest BCUT2D eigenvalue weighted by molar-refractivity contribution is -0.0643. The second kappa shape index (κ2) is 6.89. The first-order chi connectivity index (χ1) is 12.9. The summed E-state index contributed by atoms with van der Waals surface area (Å²) in [5.74, 6) is 0.649. The molecule has 1 aliphatic carbocycles. The Labute approximate surface area is 159 Å². The van der Waals surface area contributed by atoms with E-state index in [1.54, 1.807) is 43.8 Å². The van der Waals surface area contributed by atoms with Crippen molar-refractivity contribution in [2.24, 2.45) is 11.8 Å². The maximum absolute atomic E-state index is 13.1. The molecule has 2 aromatic rings. The molecule has 4 rings (SSSR count). The number of sulfonamides is 1. The van der Waals surface area contributed by atoms with Gasteiger partial charge < -0.3 is 9.84 Å². The zero-order valence-electron chi connectivity index (χ0n) is 15.3. The Morgan fingerprint density at radius 2 is 2.00 bits per heavy atom. The monoisotopic (exact) mass is 388 g/mol. The lowest BCUT2D eigenvalue weighted by atomic mass is 9.68. The molecule has 2 aliphatic rings. The number of pyridine rings is 1. The summed E-state index contributed by atoms with van der Waals surface area (Å²) in [6.45, 7) is 0.770. The summed E-state index contributed by atoms with van der Waals surface area (Å²) in [7, 11) is -2.05. The van der Waals surface area contributed by atoms with E-state index >= 15 is 0 Å². The van der Waals surface area contributed by atoms with Crippen LogP contribution in [0.5, 0.6) is 5.75 Å². The largest absolute Gasteiger partial charge is 0.497 e. The summed E-state index contributed by atoms with van der Waals surface area (Å²) in [4.78, 5) is 4.40. The van der Waals surface area contributed by atoms with Crippen LogP contribution in [0.25, 0.3) is 0 Å². The molecule has 3 atom stereocenters. The molecule has 0 radical (unpaired) electrons. The fourth-order valence-corrected chi connectivity index (χ4v) is 6.08. The molecule has 0 amide bonds. The molecule has 0 bridgehead atoms. The van der Waals surface area contributed by atoms with Gasteiger partial charge in [-0.2, -0.15) is 4.31 Å². The fourth-order valence-electron chi connectivity index (χ4n) is 4.55. The Morgan fingerprint density at radius 3 is 2.67 bits per heavy atom. The standard InChI is InChI=1S/C20H24N2O4S/c1-26-17-6-8-18(9-7-17)27(24,25)22-13-15-4-2-10-20(23,19(15)14-22)16-5-3-11-21-12-16/h3,5-9,11-12,15,19,23H,2,4,10,13-14H2,1H3. The molecule has 3 unspecified atom stereocenters. The molecule has 1 saturated carbocycles. The summed E-state index contributed by atoms with van der Waals surface area (Å²) >= 11 is 0. The lowest BCUT2D eigenvalue weighted by Crippen LogP contribution is -2.43. The minimum Gasteiger partial charge on any atom is -0.497 e.